The average molecular weight is 242 g/mol. The average Bonchev–Trinajstić information content (AvgIpc) is 2.37. The fourth-order valence-corrected chi connectivity index (χ4v) is 2.92. The van der Waals surface area contributed by atoms with Gasteiger partial charge in [-0.05, 0) is 75.2 Å². The second-order valence-corrected chi connectivity index (χ2v) is 5.45. The lowest BCUT2D eigenvalue weighted by molar-refractivity contribution is 0.354. The number of hydrogen-bond acceptors (Lipinski definition) is 2. The topological polar surface area (TPSA) is 35.8 Å². The Balaban J connectivity index is 1.99. The van der Waals surface area contributed by atoms with E-state index < -0.39 is 0 Å². The number of nitrogens with zero attached hydrogens (tertiary/aromatic N) is 1. The van der Waals surface area contributed by atoms with Gasteiger partial charge in [-0.3, -0.25) is 0 Å². The van der Waals surface area contributed by atoms with Crippen LogP contribution in [0.5, 0.6) is 0 Å². The van der Waals surface area contributed by atoms with E-state index in [-0.39, 0.29) is 0 Å². The van der Waals surface area contributed by atoms with Gasteiger partial charge in [0.1, 0.15) is 0 Å². The van der Waals surface area contributed by atoms with Gasteiger partial charge < -0.3 is 5.32 Å². The van der Waals surface area contributed by atoms with Crippen LogP contribution in [0.15, 0.2) is 12.1 Å². The standard InChI is InChI=1S/C16H22N2/c1-12-9-15(10-13(2)16(12)11-17)4-3-14-5-7-18-8-6-14/h9-10,14,18H,3-8H2,1-2H3. The van der Waals surface area contributed by atoms with Crippen molar-refractivity contribution in [1.82, 2.24) is 5.32 Å². The first-order valence-electron chi connectivity index (χ1n) is 6.91. The van der Waals surface area contributed by atoms with E-state index in [1.54, 1.807) is 0 Å². The lowest BCUT2D eigenvalue weighted by atomic mass is 9.90. The summed E-state index contributed by atoms with van der Waals surface area (Å²) in [6.07, 6.45) is 5.06. The molecule has 2 heteroatoms. The van der Waals surface area contributed by atoms with Gasteiger partial charge in [0, 0.05) is 0 Å². The van der Waals surface area contributed by atoms with E-state index >= 15 is 0 Å². The lowest BCUT2D eigenvalue weighted by Crippen LogP contribution is -2.27. The first kappa shape index (κ1) is 13.1. The third-order valence-electron chi connectivity index (χ3n) is 4.00. The summed E-state index contributed by atoms with van der Waals surface area (Å²) < 4.78 is 0. The number of nitriles is 1. The molecule has 0 saturated carbocycles. The summed E-state index contributed by atoms with van der Waals surface area (Å²) in [6.45, 7) is 6.44. The van der Waals surface area contributed by atoms with E-state index in [1.165, 1.54) is 37.9 Å². The van der Waals surface area contributed by atoms with Gasteiger partial charge in [0.05, 0.1) is 11.6 Å². The summed E-state index contributed by atoms with van der Waals surface area (Å²) in [5.74, 6) is 0.877. The van der Waals surface area contributed by atoms with Gasteiger partial charge in [-0.15, -0.1) is 0 Å². The zero-order valence-corrected chi connectivity index (χ0v) is 11.4. The summed E-state index contributed by atoms with van der Waals surface area (Å²) >= 11 is 0. The monoisotopic (exact) mass is 242 g/mol. The summed E-state index contributed by atoms with van der Waals surface area (Å²) in [7, 11) is 0. The molecule has 0 aliphatic carbocycles. The van der Waals surface area contributed by atoms with Gasteiger partial charge in [0.15, 0.2) is 0 Å². The molecule has 2 nitrogen and oxygen atoms in total. The molecule has 2 rings (SSSR count). The van der Waals surface area contributed by atoms with E-state index in [4.69, 9.17) is 5.26 Å². The van der Waals surface area contributed by atoms with E-state index in [0.29, 0.717) is 0 Å². The molecule has 0 aromatic heterocycles. The Morgan fingerprint density at radius 2 is 1.83 bits per heavy atom. The highest BCUT2D eigenvalue weighted by atomic mass is 14.9. The molecule has 0 radical (unpaired) electrons. The van der Waals surface area contributed by atoms with Crippen LogP contribution in [-0.2, 0) is 6.42 Å². The molecule has 0 unspecified atom stereocenters. The molecule has 1 fully saturated rings. The molecule has 18 heavy (non-hydrogen) atoms. The van der Waals surface area contributed by atoms with Gasteiger partial charge in [0.2, 0.25) is 0 Å². The largest absolute Gasteiger partial charge is 0.317 e. The van der Waals surface area contributed by atoms with Crippen LogP contribution in [0.2, 0.25) is 0 Å². The molecule has 0 atom stereocenters. The third kappa shape index (κ3) is 3.11. The lowest BCUT2D eigenvalue weighted by Gasteiger charge is -2.22. The molecule has 0 spiro atoms. The number of hydrogen-bond donors (Lipinski definition) is 1. The maximum atomic E-state index is 9.07. The molecule has 0 amide bonds. The molecular weight excluding hydrogens is 220 g/mol. The molecule has 1 aliphatic heterocycles. The van der Waals surface area contributed by atoms with Crippen molar-refractivity contribution in [2.75, 3.05) is 13.1 Å². The Morgan fingerprint density at radius 1 is 1.22 bits per heavy atom. The molecule has 96 valence electrons. The second kappa shape index (κ2) is 6.02. The van der Waals surface area contributed by atoms with E-state index in [9.17, 15) is 0 Å². The molecule has 1 aromatic carbocycles. The van der Waals surface area contributed by atoms with Gasteiger partial charge in [-0.1, -0.05) is 12.1 Å². The normalized spacial score (nSPS) is 16.5. The van der Waals surface area contributed by atoms with Gasteiger partial charge in [0.25, 0.3) is 0 Å². The van der Waals surface area contributed by atoms with Crippen molar-refractivity contribution in [3.63, 3.8) is 0 Å². The van der Waals surface area contributed by atoms with Crippen molar-refractivity contribution in [3.8, 4) is 6.07 Å². The van der Waals surface area contributed by atoms with Crippen LogP contribution >= 0.6 is 0 Å². The zero-order chi connectivity index (χ0) is 13.0. The fourth-order valence-electron chi connectivity index (χ4n) is 2.92. The minimum Gasteiger partial charge on any atom is -0.317 e. The van der Waals surface area contributed by atoms with Crippen LogP contribution in [0, 0.1) is 31.1 Å². The summed E-state index contributed by atoms with van der Waals surface area (Å²) in [4.78, 5) is 0. The third-order valence-corrected chi connectivity index (χ3v) is 4.00. The Kier molecular flexibility index (Phi) is 4.38. The predicted molar refractivity (Wildman–Crippen MR) is 74.5 cm³/mol. The Hall–Kier alpha value is -1.33. The van der Waals surface area contributed by atoms with Crippen LogP contribution in [0.4, 0.5) is 0 Å². The van der Waals surface area contributed by atoms with Crippen molar-refractivity contribution in [2.45, 2.75) is 39.5 Å². The highest BCUT2D eigenvalue weighted by molar-refractivity contribution is 5.45. The van der Waals surface area contributed by atoms with Crippen molar-refractivity contribution in [3.05, 3.63) is 34.4 Å². The minimum atomic E-state index is 0.848. The minimum absolute atomic E-state index is 0.848. The van der Waals surface area contributed by atoms with Crippen LogP contribution in [0.3, 0.4) is 0 Å². The maximum Gasteiger partial charge on any atom is 0.0997 e. The van der Waals surface area contributed by atoms with Crippen LogP contribution in [0.1, 0.15) is 41.5 Å². The van der Waals surface area contributed by atoms with Crippen molar-refractivity contribution < 1.29 is 0 Å². The zero-order valence-electron chi connectivity index (χ0n) is 11.4. The second-order valence-electron chi connectivity index (χ2n) is 5.45. The molecular formula is C16H22N2. The first-order chi connectivity index (χ1) is 8.70. The van der Waals surface area contributed by atoms with Crippen LogP contribution in [0.25, 0.3) is 0 Å². The fraction of sp³-hybridized carbons (Fsp3) is 0.562. The maximum absolute atomic E-state index is 9.07. The molecule has 1 aromatic rings. The van der Waals surface area contributed by atoms with Gasteiger partial charge >= 0.3 is 0 Å². The molecule has 1 heterocycles. The quantitative estimate of drug-likeness (QED) is 0.884. The predicted octanol–water partition coefficient (Wildman–Crippen LogP) is 3.11. The van der Waals surface area contributed by atoms with Crippen molar-refractivity contribution in [1.29, 1.82) is 5.26 Å². The number of rotatable bonds is 3. The highest BCUT2D eigenvalue weighted by Crippen LogP contribution is 2.21. The molecule has 0 bridgehead atoms. The number of piperidine rings is 1. The number of aryl methyl sites for hydroxylation is 3. The Bertz CT molecular complexity index is 428. The Morgan fingerprint density at radius 3 is 2.39 bits per heavy atom. The summed E-state index contributed by atoms with van der Waals surface area (Å²) in [6, 6.07) is 6.66. The van der Waals surface area contributed by atoms with Gasteiger partial charge in [-0.25, -0.2) is 0 Å². The highest BCUT2D eigenvalue weighted by Gasteiger charge is 2.13. The van der Waals surface area contributed by atoms with Crippen LogP contribution < -0.4 is 5.32 Å². The summed E-state index contributed by atoms with van der Waals surface area (Å²) in [5.41, 5.74) is 4.48. The summed E-state index contributed by atoms with van der Waals surface area (Å²) in [5, 5.41) is 12.5. The van der Waals surface area contributed by atoms with E-state index in [2.05, 4.69) is 23.5 Å². The molecule has 1 saturated heterocycles. The molecule has 1 aliphatic rings. The van der Waals surface area contributed by atoms with Crippen molar-refractivity contribution in [2.24, 2.45) is 5.92 Å². The number of benzene rings is 1. The van der Waals surface area contributed by atoms with E-state index in [1.807, 2.05) is 13.8 Å². The molecule has 1 N–H and O–H groups in total. The van der Waals surface area contributed by atoms with Gasteiger partial charge in [-0.2, -0.15) is 5.26 Å². The van der Waals surface area contributed by atoms with Crippen molar-refractivity contribution >= 4 is 0 Å². The SMILES string of the molecule is Cc1cc(CCC2CCNCC2)cc(C)c1C#N. The van der Waals surface area contributed by atoms with E-state index in [0.717, 1.165) is 29.0 Å². The first-order valence-corrected chi connectivity index (χ1v) is 6.91. The Labute approximate surface area is 110 Å². The van der Waals surface area contributed by atoms with Crippen LogP contribution in [-0.4, -0.2) is 13.1 Å². The smallest absolute Gasteiger partial charge is 0.0997 e. The number of nitrogens with one attached hydrogen (secondary N) is 1.